The molecule has 0 aromatic heterocycles. The van der Waals surface area contributed by atoms with E-state index in [9.17, 15) is 0 Å². The average Bonchev–Trinajstić information content (AvgIpc) is 2.45. The van der Waals surface area contributed by atoms with E-state index in [1.165, 1.54) is 38.8 Å². The topological polar surface area (TPSA) is 24.1 Å². The van der Waals surface area contributed by atoms with Gasteiger partial charge in [0.05, 0.1) is 0 Å². The fraction of sp³-hybridized carbons (Fsp3) is 1.00. The van der Waals surface area contributed by atoms with Crippen LogP contribution in [0.2, 0.25) is 0 Å². The molecule has 1 rings (SSSR count). The first-order chi connectivity index (χ1) is 6.74. The summed E-state index contributed by atoms with van der Waals surface area (Å²) in [5.41, 5.74) is 0. The number of rotatable bonds is 4. The van der Waals surface area contributed by atoms with Crippen molar-refractivity contribution >= 4 is 0 Å². The van der Waals surface area contributed by atoms with Gasteiger partial charge in [0, 0.05) is 12.1 Å². The Morgan fingerprint density at radius 3 is 2.79 bits per heavy atom. The van der Waals surface area contributed by atoms with Gasteiger partial charge < -0.3 is 10.6 Å². The lowest BCUT2D eigenvalue weighted by Gasteiger charge is -2.25. The van der Waals surface area contributed by atoms with Crippen molar-refractivity contribution < 1.29 is 0 Å². The van der Waals surface area contributed by atoms with Crippen LogP contribution < -0.4 is 10.6 Å². The molecule has 3 atom stereocenters. The molecule has 1 aliphatic rings. The van der Waals surface area contributed by atoms with Gasteiger partial charge >= 0.3 is 0 Å². The smallest absolute Gasteiger partial charge is 0.00822 e. The van der Waals surface area contributed by atoms with Gasteiger partial charge in [-0.3, -0.25) is 0 Å². The molecule has 1 aliphatic heterocycles. The Morgan fingerprint density at radius 1 is 1.29 bits per heavy atom. The van der Waals surface area contributed by atoms with Crippen molar-refractivity contribution in [3.05, 3.63) is 0 Å². The molecule has 0 aromatic carbocycles. The molecular formula is C12H26N2. The molecule has 0 spiro atoms. The van der Waals surface area contributed by atoms with Gasteiger partial charge in [-0.25, -0.2) is 0 Å². The highest BCUT2D eigenvalue weighted by molar-refractivity contribution is 4.77. The summed E-state index contributed by atoms with van der Waals surface area (Å²) in [6, 6.07) is 1.41. The highest BCUT2D eigenvalue weighted by Crippen LogP contribution is 2.11. The second-order valence-electron chi connectivity index (χ2n) is 4.72. The zero-order valence-electron chi connectivity index (χ0n) is 9.97. The lowest BCUT2D eigenvalue weighted by molar-refractivity contribution is 0.332. The third-order valence-corrected chi connectivity index (χ3v) is 3.57. The van der Waals surface area contributed by atoms with Crippen LogP contribution in [0.4, 0.5) is 0 Å². The summed E-state index contributed by atoms with van der Waals surface area (Å²) in [4.78, 5) is 0. The quantitative estimate of drug-likeness (QED) is 0.723. The molecule has 2 nitrogen and oxygen atoms in total. The van der Waals surface area contributed by atoms with E-state index < -0.39 is 0 Å². The zero-order valence-corrected chi connectivity index (χ0v) is 9.97. The van der Waals surface area contributed by atoms with Crippen LogP contribution in [0.25, 0.3) is 0 Å². The minimum Gasteiger partial charge on any atom is -0.317 e. The van der Waals surface area contributed by atoms with Crippen LogP contribution in [0.15, 0.2) is 0 Å². The third kappa shape index (κ3) is 3.97. The molecule has 0 amide bonds. The maximum absolute atomic E-state index is 3.77. The van der Waals surface area contributed by atoms with Crippen LogP contribution in [0.3, 0.4) is 0 Å². The molecule has 0 aliphatic carbocycles. The van der Waals surface area contributed by atoms with Crippen molar-refractivity contribution in [2.24, 2.45) is 5.92 Å². The number of hydrogen-bond acceptors (Lipinski definition) is 2. The normalized spacial score (nSPS) is 28.1. The second-order valence-corrected chi connectivity index (χ2v) is 4.72. The third-order valence-electron chi connectivity index (χ3n) is 3.57. The highest BCUT2D eigenvalue weighted by atomic mass is 15.0. The van der Waals surface area contributed by atoms with E-state index in [-0.39, 0.29) is 0 Å². The molecule has 1 fully saturated rings. The van der Waals surface area contributed by atoms with Crippen molar-refractivity contribution in [3.63, 3.8) is 0 Å². The van der Waals surface area contributed by atoms with Crippen molar-refractivity contribution in [1.82, 2.24) is 10.6 Å². The van der Waals surface area contributed by atoms with E-state index in [1.54, 1.807) is 0 Å². The Morgan fingerprint density at radius 2 is 2.07 bits per heavy atom. The minimum atomic E-state index is 0.670. The van der Waals surface area contributed by atoms with Crippen molar-refractivity contribution in [3.8, 4) is 0 Å². The summed E-state index contributed by atoms with van der Waals surface area (Å²) in [5, 5.41) is 7.22. The van der Waals surface area contributed by atoms with Crippen molar-refractivity contribution in [1.29, 1.82) is 0 Å². The number of nitrogens with one attached hydrogen (secondary N) is 2. The van der Waals surface area contributed by atoms with Crippen LogP contribution >= 0.6 is 0 Å². The van der Waals surface area contributed by atoms with E-state index in [0.29, 0.717) is 6.04 Å². The summed E-state index contributed by atoms with van der Waals surface area (Å²) in [7, 11) is 0. The summed E-state index contributed by atoms with van der Waals surface area (Å²) >= 11 is 0. The van der Waals surface area contributed by atoms with E-state index in [1.807, 2.05) is 0 Å². The molecule has 2 heteroatoms. The monoisotopic (exact) mass is 198 g/mol. The van der Waals surface area contributed by atoms with Crippen LogP contribution in [0, 0.1) is 5.92 Å². The molecule has 0 aromatic rings. The van der Waals surface area contributed by atoms with Crippen molar-refractivity contribution in [2.45, 2.75) is 58.5 Å². The molecule has 84 valence electrons. The predicted octanol–water partition coefficient (Wildman–Crippen LogP) is 2.15. The number of hydrogen-bond donors (Lipinski definition) is 2. The van der Waals surface area contributed by atoms with E-state index in [4.69, 9.17) is 0 Å². The Hall–Kier alpha value is -0.0800. The Labute approximate surface area is 88.8 Å². The van der Waals surface area contributed by atoms with Crippen LogP contribution in [0.1, 0.15) is 46.5 Å². The van der Waals surface area contributed by atoms with Gasteiger partial charge in [0.25, 0.3) is 0 Å². The standard InChI is InChI=1S/C12H26N2/c1-4-10(2)11(3)14-12-6-5-8-13-9-7-12/h10-14H,4-9H2,1-3H3. The lowest BCUT2D eigenvalue weighted by atomic mass is 9.98. The maximum Gasteiger partial charge on any atom is 0.00822 e. The average molecular weight is 198 g/mol. The molecule has 14 heavy (non-hydrogen) atoms. The minimum absolute atomic E-state index is 0.670. The first-order valence-electron chi connectivity index (χ1n) is 6.20. The lowest BCUT2D eigenvalue weighted by Crippen LogP contribution is -2.40. The van der Waals surface area contributed by atoms with Crippen molar-refractivity contribution in [2.75, 3.05) is 13.1 Å². The van der Waals surface area contributed by atoms with Gasteiger partial charge in [-0.1, -0.05) is 20.3 Å². The Bertz CT molecular complexity index is 139. The zero-order chi connectivity index (χ0) is 10.4. The second kappa shape index (κ2) is 6.41. The van der Waals surface area contributed by atoms with E-state index in [2.05, 4.69) is 31.4 Å². The predicted molar refractivity (Wildman–Crippen MR) is 62.6 cm³/mol. The van der Waals surface area contributed by atoms with Crippen LogP contribution in [-0.2, 0) is 0 Å². The van der Waals surface area contributed by atoms with Gasteiger partial charge in [-0.2, -0.15) is 0 Å². The fourth-order valence-electron chi connectivity index (χ4n) is 2.08. The highest BCUT2D eigenvalue weighted by Gasteiger charge is 2.16. The van der Waals surface area contributed by atoms with Gasteiger partial charge in [-0.15, -0.1) is 0 Å². The van der Waals surface area contributed by atoms with Gasteiger partial charge in [0.2, 0.25) is 0 Å². The van der Waals surface area contributed by atoms with Crippen LogP contribution in [-0.4, -0.2) is 25.2 Å². The molecule has 0 radical (unpaired) electrons. The summed E-state index contributed by atoms with van der Waals surface area (Å²) in [5.74, 6) is 0.797. The molecule has 0 saturated carbocycles. The van der Waals surface area contributed by atoms with E-state index in [0.717, 1.165) is 12.0 Å². The maximum atomic E-state index is 3.77. The largest absolute Gasteiger partial charge is 0.317 e. The summed E-state index contributed by atoms with van der Waals surface area (Å²) in [6.07, 6.45) is 5.23. The summed E-state index contributed by atoms with van der Waals surface area (Å²) < 4.78 is 0. The first-order valence-corrected chi connectivity index (χ1v) is 6.20. The molecule has 2 N–H and O–H groups in total. The van der Waals surface area contributed by atoms with E-state index >= 15 is 0 Å². The Balaban J connectivity index is 2.26. The van der Waals surface area contributed by atoms with Gasteiger partial charge in [0.15, 0.2) is 0 Å². The molecule has 1 heterocycles. The van der Waals surface area contributed by atoms with Gasteiger partial charge in [-0.05, 0) is 45.2 Å². The molecular weight excluding hydrogens is 172 g/mol. The fourth-order valence-corrected chi connectivity index (χ4v) is 2.08. The summed E-state index contributed by atoms with van der Waals surface area (Å²) in [6.45, 7) is 9.33. The SMILES string of the molecule is CCC(C)C(C)NC1CCCNCC1. The van der Waals surface area contributed by atoms with Crippen LogP contribution in [0.5, 0.6) is 0 Å². The Kier molecular flexibility index (Phi) is 5.49. The van der Waals surface area contributed by atoms with Gasteiger partial charge in [0.1, 0.15) is 0 Å². The molecule has 1 saturated heterocycles. The first kappa shape index (κ1) is 12.0. The molecule has 0 bridgehead atoms. The molecule has 3 unspecified atom stereocenters.